The number of rotatable bonds is 3. The molecule has 8 heteroatoms. The van der Waals surface area contributed by atoms with Gasteiger partial charge in [0.2, 0.25) is 5.69 Å². The van der Waals surface area contributed by atoms with Crippen molar-refractivity contribution >= 4 is 5.69 Å². The highest BCUT2D eigenvalue weighted by molar-refractivity contribution is 5.33. The number of hydrogen-bond acceptors (Lipinski definition) is 4. The first-order valence-corrected chi connectivity index (χ1v) is 5.32. The van der Waals surface area contributed by atoms with Crippen molar-refractivity contribution in [3.05, 3.63) is 22.0 Å². The maximum atomic E-state index is 12.6. The van der Waals surface area contributed by atoms with Crippen LogP contribution >= 0.6 is 0 Å². The van der Waals surface area contributed by atoms with E-state index in [9.17, 15) is 18.9 Å². The highest BCUT2D eigenvalue weighted by Crippen LogP contribution is 2.30. The summed E-state index contributed by atoms with van der Waals surface area (Å²) in [6.07, 6.45) is -0.334. The second-order valence-corrected chi connectivity index (χ2v) is 3.92. The second kappa shape index (κ2) is 4.74. The smallest absolute Gasteiger partial charge is 0.316 e. The van der Waals surface area contributed by atoms with Crippen molar-refractivity contribution in [3.63, 3.8) is 0 Å². The molecule has 1 saturated heterocycles. The predicted octanol–water partition coefficient (Wildman–Crippen LogP) is 1.65. The van der Waals surface area contributed by atoms with Gasteiger partial charge in [0.15, 0.2) is 0 Å². The minimum absolute atomic E-state index is 0.0394. The summed E-state index contributed by atoms with van der Waals surface area (Å²) in [6.45, 7) is 1.53. The van der Waals surface area contributed by atoms with Crippen LogP contribution in [0.3, 0.4) is 0 Å². The highest BCUT2D eigenvalue weighted by Gasteiger charge is 2.29. The molecule has 17 heavy (non-hydrogen) atoms. The van der Waals surface area contributed by atoms with Crippen LogP contribution in [-0.4, -0.2) is 27.8 Å². The molecule has 0 amide bonds. The Balaban J connectivity index is 2.29. The van der Waals surface area contributed by atoms with Crippen LogP contribution in [0.5, 0.6) is 0 Å². The topological polar surface area (TPSA) is 73.0 Å². The lowest BCUT2D eigenvalue weighted by Crippen LogP contribution is -2.29. The van der Waals surface area contributed by atoms with Gasteiger partial charge in [-0.2, -0.15) is 5.10 Å². The Labute approximate surface area is 95.8 Å². The van der Waals surface area contributed by atoms with E-state index in [1.54, 1.807) is 0 Å². The fourth-order valence-electron chi connectivity index (χ4n) is 1.95. The Morgan fingerprint density at radius 1 is 1.53 bits per heavy atom. The first-order valence-electron chi connectivity index (χ1n) is 5.32. The van der Waals surface area contributed by atoms with E-state index in [0.717, 1.165) is 32.1 Å². The summed E-state index contributed by atoms with van der Waals surface area (Å²) in [4.78, 5) is 9.82. The number of hydrogen-bond donors (Lipinski definition) is 1. The maximum Gasteiger partial charge on any atom is 0.316 e. The zero-order chi connectivity index (χ0) is 12.4. The van der Waals surface area contributed by atoms with E-state index in [1.807, 2.05) is 0 Å². The van der Waals surface area contributed by atoms with E-state index < -0.39 is 22.7 Å². The van der Waals surface area contributed by atoms with Gasteiger partial charge in [-0.15, -0.1) is 0 Å². The Hall–Kier alpha value is -1.57. The standard InChI is InChI=1S/C9H12F2N4O2/c10-9(11)8-7(15(16)17)5-14(13-8)6-1-3-12-4-2-6/h5-6,9,12H,1-4H2. The van der Waals surface area contributed by atoms with Gasteiger partial charge in [-0.05, 0) is 25.9 Å². The third-order valence-corrected chi connectivity index (χ3v) is 2.83. The third kappa shape index (κ3) is 2.41. The number of alkyl halides is 2. The average molecular weight is 246 g/mol. The quantitative estimate of drug-likeness (QED) is 0.650. The molecule has 1 fully saturated rings. The van der Waals surface area contributed by atoms with Crippen molar-refractivity contribution in [2.45, 2.75) is 25.3 Å². The molecule has 1 aromatic rings. The van der Waals surface area contributed by atoms with Crippen LogP contribution in [0.4, 0.5) is 14.5 Å². The van der Waals surface area contributed by atoms with Gasteiger partial charge in [-0.25, -0.2) is 8.78 Å². The summed E-state index contributed by atoms with van der Waals surface area (Å²) in [5.41, 5.74) is -1.34. The van der Waals surface area contributed by atoms with Crippen LogP contribution in [0.15, 0.2) is 6.20 Å². The van der Waals surface area contributed by atoms with Gasteiger partial charge in [0.05, 0.1) is 11.0 Å². The Kier molecular flexibility index (Phi) is 3.32. The second-order valence-electron chi connectivity index (χ2n) is 3.92. The van der Waals surface area contributed by atoms with E-state index in [0.29, 0.717) is 0 Å². The Bertz CT molecular complexity index is 415. The number of aromatic nitrogens is 2. The van der Waals surface area contributed by atoms with E-state index in [2.05, 4.69) is 10.4 Å². The van der Waals surface area contributed by atoms with Crippen molar-refractivity contribution in [1.82, 2.24) is 15.1 Å². The summed E-state index contributed by atoms with van der Waals surface area (Å²) < 4.78 is 26.5. The lowest BCUT2D eigenvalue weighted by Gasteiger charge is -2.22. The molecule has 0 bridgehead atoms. The molecule has 1 N–H and O–H groups in total. The molecule has 1 aliphatic heterocycles. The summed E-state index contributed by atoms with van der Waals surface area (Å²) in [7, 11) is 0. The zero-order valence-corrected chi connectivity index (χ0v) is 8.97. The number of piperidine rings is 1. The number of nitrogens with one attached hydrogen (secondary N) is 1. The monoisotopic (exact) mass is 246 g/mol. The van der Waals surface area contributed by atoms with Crippen molar-refractivity contribution < 1.29 is 13.7 Å². The summed E-state index contributed by atoms with van der Waals surface area (Å²) in [5, 5.41) is 17.4. The molecule has 2 rings (SSSR count). The van der Waals surface area contributed by atoms with Crippen LogP contribution in [0, 0.1) is 10.1 Å². The minimum atomic E-state index is -2.92. The van der Waals surface area contributed by atoms with E-state index in [4.69, 9.17) is 0 Å². The minimum Gasteiger partial charge on any atom is -0.317 e. The summed E-state index contributed by atoms with van der Waals surface area (Å²) >= 11 is 0. The van der Waals surface area contributed by atoms with E-state index in [1.165, 1.54) is 4.68 Å². The van der Waals surface area contributed by atoms with Gasteiger partial charge in [-0.3, -0.25) is 14.8 Å². The van der Waals surface area contributed by atoms with Gasteiger partial charge in [0, 0.05) is 0 Å². The molecule has 0 aromatic carbocycles. The molecule has 1 aromatic heterocycles. The first kappa shape index (κ1) is 11.9. The van der Waals surface area contributed by atoms with Crippen LogP contribution in [0.2, 0.25) is 0 Å². The number of nitro groups is 1. The molecular formula is C9H12F2N4O2. The van der Waals surface area contributed by atoms with Gasteiger partial charge in [-0.1, -0.05) is 0 Å². The van der Waals surface area contributed by atoms with Crippen molar-refractivity contribution in [3.8, 4) is 0 Å². The SMILES string of the molecule is O=[N+]([O-])c1cn(C2CCNCC2)nc1C(F)F. The van der Waals surface area contributed by atoms with E-state index in [-0.39, 0.29) is 6.04 Å². The maximum absolute atomic E-state index is 12.6. The fourth-order valence-corrected chi connectivity index (χ4v) is 1.95. The molecule has 0 radical (unpaired) electrons. The van der Waals surface area contributed by atoms with Crippen LogP contribution in [-0.2, 0) is 0 Å². The Morgan fingerprint density at radius 2 is 2.18 bits per heavy atom. The van der Waals surface area contributed by atoms with Gasteiger partial charge in [0.1, 0.15) is 6.20 Å². The van der Waals surface area contributed by atoms with Crippen LogP contribution in [0.25, 0.3) is 0 Å². The average Bonchev–Trinajstić information content (AvgIpc) is 2.75. The normalized spacial score (nSPS) is 17.6. The van der Waals surface area contributed by atoms with Crippen molar-refractivity contribution in [2.75, 3.05) is 13.1 Å². The molecular weight excluding hydrogens is 234 g/mol. The lowest BCUT2D eigenvalue weighted by atomic mass is 10.1. The number of halogens is 2. The van der Waals surface area contributed by atoms with Crippen molar-refractivity contribution in [1.29, 1.82) is 0 Å². The molecule has 0 atom stereocenters. The first-order chi connectivity index (χ1) is 8.09. The Morgan fingerprint density at radius 3 is 2.65 bits per heavy atom. The third-order valence-electron chi connectivity index (χ3n) is 2.83. The number of nitrogens with zero attached hydrogens (tertiary/aromatic N) is 3. The molecule has 0 aliphatic carbocycles. The molecule has 6 nitrogen and oxygen atoms in total. The summed E-state index contributed by atoms with van der Waals surface area (Å²) in [5.74, 6) is 0. The van der Waals surface area contributed by atoms with E-state index >= 15 is 0 Å². The lowest BCUT2D eigenvalue weighted by molar-refractivity contribution is -0.386. The van der Waals surface area contributed by atoms with Gasteiger partial charge < -0.3 is 5.32 Å². The largest absolute Gasteiger partial charge is 0.317 e. The molecule has 0 spiro atoms. The molecule has 0 unspecified atom stereocenters. The fraction of sp³-hybridized carbons (Fsp3) is 0.667. The van der Waals surface area contributed by atoms with Crippen LogP contribution < -0.4 is 5.32 Å². The van der Waals surface area contributed by atoms with Crippen molar-refractivity contribution in [2.24, 2.45) is 0 Å². The molecule has 1 aliphatic rings. The molecule has 0 saturated carbocycles. The molecule has 2 heterocycles. The van der Waals surface area contributed by atoms with Gasteiger partial charge >= 0.3 is 5.69 Å². The predicted molar refractivity (Wildman–Crippen MR) is 55.0 cm³/mol. The van der Waals surface area contributed by atoms with Gasteiger partial charge in [0.25, 0.3) is 6.43 Å². The summed E-state index contributed by atoms with van der Waals surface area (Å²) in [6, 6.07) is -0.0394. The highest BCUT2D eigenvalue weighted by atomic mass is 19.3. The van der Waals surface area contributed by atoms with Crippen LogP contribution in [0.1, 0.15) is 31.0 Å². The molecule has 94 valence electrons. The zero-order valence-electron chi connectivity index (χ0n) is 8.97.